The molecule has 0 spiro atoms. The normalized spacial score (nSPS) is 21.9. The van der Waals surface area contributed by atoms with E-state index in [0.717, 1.165) is 50.2 Å². The van der Waals surface area contributed by atoms with Gasteiger partial charge >= 0.3 is 0 Å². The third-order valence-corrected chi connectivity index (χ3v) is 4.59. The summed E-state index contributed by atoms with van der Waals surface area (Å²) in [4.78, 5) is 7.52. The minimum atomic E-state index is 0.240. The molecule has 2 heterocycles. The first kappa shape index (κ1) is 13.8. The Labute approximate surface area is 125 Å². The molecule has 108 valence electrons. The number of aromatic nitrogens is 1. The van der Waals surface area contributed by atoms with Crippen LogP contribution in [0.15, 0.2) is 6.07 Å². The van der Waals surface area contributed by atoms with Crippen LogP contribution in [0.3, 0.4) is 0 Å². The van der Waals surface area contributed by atoms with E-state index in [-0.39, 0.29) is 6.61 Å². The molecule has 1 unspecified atom stereocenters. The van der Waals surface area contributed by atoms with E-state index in [0.29, 0.717) is 10.9 Å². The van der Waals surface area contributed by atoms with Crippen molar-refractivity contribution >= 4 is 23.0 Å². The minimum Gasteiger partial charge on any atom is -0.396 e. The van der Waals surface area contributed by atoms with Gasteiger partial charge in [-0.25, -0.2) is 4.98 Å². The van der Waals surface area contributed by atoms with Crippen molar-refractivity contribution in [3.8, 4) is 0 Å². The number of anilines is 1. The third-order valence-electron chi connectivity index (χ3n) is 4.37. The average Bonchev–Trinajstić information content (AvgIpc) is 2.93. The van der Waals surface area contributed by atoms with Crippen LogP contribution in [-0.2, 0) is 12.8 Å². The van der Waals surface area contributed by atoms with E-state index in [1.807, 2.05) is 0 Å². The molecule has 4 nitrogen and oxygen atoms in total. The molecule has 0 amide bonds. The largest absolute Gasteiger partial charge is 0.396 e. The number of aryl methyl sites for hydroxylation is 2. The fourth-order valence-electron chi connectivity index (χ4n) is 3.29. The number of thiocarbonyl (C=S) groups is 1. The Morgan fingerprint density at radius 3 is 3.05 bits per heavy atom. The molecule has 0 aromatic carbocycles. The molecule has 1 aliphatic heterocycles. The molecule has 1 atom stereocenters. The number of piperidine rings is 1. The molecule has 20 heavy (non-hydrogen) atoms. The summed E-state index contributed by atoms with van der Waals surface area (Å²) in [6.07, 6.45) is 5.47. The lowest BCUT2D eigenvalue weighted by molar-refractivity contribution is 0.208. The van der Waals surface area contributed by atoms with Gasteiger partial charge in [0.1, 0.15) is 10.8 Å². The highest BCUT2D eigenvalue weighted by atomic mass is 32.1. The molecule has 1 aromatic heterocycles. The molecule has 0 radical (unpaired) electrons. The van der Waals surface area contributed by atoms with Crippen LogP contribution in [0.4, 0.5) is 5.82 Å². The Morgan fingerprint density at radius 2 is 2.30 bits per heavy atom. The van der Waals surface area contributed by atoms with Gasteiger partial charge in [0.2, 0.25) is 0 Å². The van der Waals surface area contributed by atoms with Gasteiger partial charge in [-0.05, 0) is 49.7 Å². The van der Waals surface area contributed by atoms with Crippen molar-refractivity contribution in [3.63, 3.8) is 0 Å². The quantitative estimate of drug-likeness (QED) is 0.825. The van der Waals surface area contributed by atoms with Crippen LogP contribution in [0.2, 0.25) is 0 Å². The first-order valence-corrected chi connectivity index (χ1v) is 7.78. The number of rotatable bonds is 3. The van der Waals surface area contributed by atoms with Gasteiger partial charge in [-0.15, -0.1) is 0 Å². The van der Waals surface area contributed by atoms with E-state index >= 15 is 0 Å². The van der Waals surface area contributed by atoms with Gasteiger partial charge in [0.15, 0.2) is 0 Å². The lowest BCUT2D eigenvalue weighted by atomic mass is 9.98. The molecule has 0 bridgehead atoms. The first-order chi connectivity index (χ1) is 9.69. The van der Waals surface area contributed by atoms with Crippen LogP contribution < -0.4 is 10.6 Å². The fraction of sp³-hybridized carbons (Fsp3) is 0.600. The van der Waals surface area contributed by atoms with E-state index in [1.165, 1.54) is 17.7 Å². The van der Waals surface area contributed by atoms with Gasteiger partial charge < -0.3 is 15.7 Å². The van der Waals surface area contributed by atoms with Crippen LogP contribution in [0.25, 0.3) is 0 Å². The number of aliphatic hydroxyl groups excluding tert-OH is 1. The van der Waals surface area contributed by atoms with E-state index in [4.69, 9.17) is 22.9 Å². The molecule has 0 saturated carbocycles. The molecule has 1 fully saturated rings. The molecule has 1 aliphatic carbocycles. The Balaban J connectivity index is 1.97. The second-order valence-electron chi connectivity index (χ2n) is 5.82. The number of nitrogens with two attached hydrogens (primary N) is 1. The van der Waals surface area contributed by atoms with Gasteiger partial charge in [0, 0.05) is 25.4 Å². The van der Waals surface area contributed by atoms with E-state index in [9.17, 15) is 5.11 Å². The Bertz CT molecular complexity index is 532. The highest BCUT2D eigenvalue weighted by Gasteiger charge is 2.25. The minimum absolute atomic E-state index is 0.240. The molecule has 1 aromatic rings. The van der Waals surface area contributed by atoms with Crippen molar-refractivity contribution in [2.24, 2.45) is 11.7 Å². The number of hydrogen-bond donors (Lipinski definition) is 2. The maximum Gasteiger partial charge on any atom is 0.139 e. The van der Waals surface area contributed by atoms with Crippen LogP contribution in [0.1, 0.15) is 36.1 Å². The Kier molecular flexibility index (Phi) is 3.89. The highest BCUT2D eigenvalue weighted by molar-refractivity contribution is 7.80. The summed E-state index contributed by atoms with van der Waals surface area (Å²) in [7, 11) is 0. The second kappa shape index (κ2) is 5.66. The summed E-state index contributed by atoms with van der Waals surface area (Å²) in [5, 5.41) is 9.39. The fourth-order valence-corrected chi connectivity index (χ4v) is 3.44. The van der Waals surface area contributed by atoms with Gasteiger partial charge in [0.25, 0.3) is 0 Å². The second-order valence-corrected chi connectivity index (χ2v) is 6.26. The summed E-state index contributed by atoms with van der Waals surface area (Å²) in [6.45, 7) is 2.06. The molecule has 2 aliphatic rings. The zero-order valence-electron chi connectivity index (χ0n) is 11.6. The van der Waals surface area contributed by atoms with Gasteiger partial charge in [-0.3, -0.25) is 0 Å². The van der Waals surface area contributed by atoms with Crippen LogP contribution in [0.5, 0.6) is 0 Å². The summed E-state index contributed by atoms with van der Waals surface area (Å²) in [5.74, 6) is 1.26. The Hall–Kier alpha value is -1.20. The number of nitrogens with zero attached hydrogens (tertiary/aromatic N) is 2. The number of pyridine rings is 1. The zero-order chi connectivity index (χ0) is 14.1. The predicted octanol–water partition coefficient (Wildman–Crippen LogP) is 1.41. The first-order valence-electron chi connectivity index (χ1n) is 7.37. The monoisotopic (exact) mass is 291 g/mol. The van der Waals surface area contributed by atoms with Crippen molar-refractivity contribution in [2.45, 2.75) is 32.1 Å². The highest BCUT2D eigenvalue weighted by Crippen LogP contribution is 2.30. The van der Waals surface area contributed by atoms with Crippen molar-refractivity contribution in [1.29, 1.82) is 0 Å². The lowest BCUT2D eigenvalue weighted by Gasteiger charge is -2.34. The molecule has 3 N–H and O–H groups in total. The van der Waals surface area contributed by atoms with Crippen LogP contribution >= 0.6 is 12.2 Å². The van der Waals surface area contributed by atoms with Crippen molar-refractivity contribution in [2.75, 3.05) is 24.6 Å². The predicted molar refractivity (Wildman–Crippen MR) is 84.2 cm³/mol. The topological polar surface area (TPSA) is 62.4 Å². The third kappa shape index (κ3) is 2.52. The number of aliphatic hydroxyl groups is 1. The number of hydrogen-bond acceptors (Lipinski definition) is 4. The zero-order valence-corrected chi connectivity index (χ0v) is 12.5. The number of fused-ring (bicyclic) bond motifs is 1. The average molecular weight is 291 g/mol. The van der Waals surface area contributed by atoms with E-state index in [2.05, 4.69) is 11.0 Å². The van der Waals surface area contributed by atoms with Crippen LogP contribution in [-0.4, -0.2) is 34.8 Å². The molecular formula is C15H21N3OS. The van der Waals surface area contributed by atoms with Crippen molar-refractivity contribution in [3.05, 3.63) is 22.9 Å². The molecular weight excluding hydrogens is 270 g/mol. The molecule has 3 rings (SSSR count). The smallest absolute Gasteiger partial charge is 0.139 e. The van der Waals surface area contributed by atoms with Crippen molar-refractivity contribution < 1.29 is 5.11 Å². The van der Waals surface area contributed by atoms with E-state index < -0.39 is 0 Å². The van der Waals surface area contributed by atoms with Gasteiger partial charge in [-0.1, -0.05) is 12.2 Å². The molecule has 1 saturated heterocycles. The SMILES string of the molecule is NC(=S)c1cc2c(nc1N1CCCC(CO)C1)CCC2. The van der Waals surface area contributed by atoms with Gasteiger partial charge in [0.05, 0.1) is 5.56 Å². The van der Waals surface area contributed by atoms with E-state index in [1.54, 1.807) is 0 Å². The van der Waals surface area contributed by atoms with Gasteiger partial charge in [-0.2, -0.15) is 0 Å². The summed E-state index contributed by atoms with van der Waals surface area (Å²) < 4.78 is 0. The Morgan fingerprint density at radius 1 is 1.45 bits per heavy atom. The summed E-state index contributed by atoms with van der Waals surface area (Å²) in [5.41, 5.74) is 9.30. The maximum atomic E-state index is 9.39. The molecule has 5 heteroatoms. The summed E-state index contributed by atoms with van der Waals surface area (Å²) in [6, 6.07) is 2.13. The van der Waals surface area contributed by atoms with Crippen LogP contribution in [0, 0.1) is 5.92 Å². The summed E-state index contributed by atoms with van der Waals surface area (Å²) >= 11 is 5.21. The lowest BCUT2D eigenvalue weighted by Crippen LogP contribution is -2.38. The standard InChI is InChI=1S/C15H21N3OS/c16-14(20)12-7-11-4-1-5-13(11)17-15(12)18-6-2-3-10(8-18)9-19/h7,10,19H,1-6,8-9H2,(H2,16,20). The maximum absolute atomic E-state index is 9.39. The van der Waals surface area contributed by atoms with Crippen molar-refractivity contribution in [1.82, 2.24) is 4.98 Å².